The van der Waals surface area contributed by atoms with Crippen LogP contribution in [0.4, 0.5) is 0 Å². The molecule has 3 nitrogen and oxygen atoms in total. The third-order valence-electron chi connectivity index (χ3n) is 2.40. The Labute approximate surface area is 98.8 Å². The minimum atomic E-state index is -0.563. The molecule has 0 fully saturated rings. The van der Waals surface area contributed by atoms with E-state index >= 15 is 0 Å². The first-order chi connectivity index (χ1) is 7.66. The fraction of sp³-hybridized carbons (Fsp3) is 0.333. The van der Waals surface area contributed by atoms with Gasteiger partial charge in [-0.25, -0.2) is 4.98 Å². The van der Waals surface area contributed by atoms with Crippen LogP contribution in [0.2, 0.25) is 0 Å². The quantitative estimate of drug-likeness (QED) is 0.887. The van der Waals surface area contributed by atoms with Gasteiger partial charge in [0, 0.05) is 23.7 Å². The number of rotatable bonds is 3. The van der Waals surface area contributed by atoms with Crippen molar-refractivity contribution >= 4 is 11.3 Å². The zero-order valence-corrected chi connectivity index (χ0v) is 10.2. The smallest absolute Gasteiger partial charge is 0.103 e. The Hall–Kier alpha value is -1.26. The molecule has 0 aliphatic carbocycles. The topological polar surface area (TPSA) is 46.0 Å². The maximum absolute atomic E-state index is 10.1. The van der Waals surface area contributed by atoms with Gasteiger partial charge in [-0.3, -0.25) is 4.98 Å². The summed E-state index contributed by atoms with van der Waals surface area (Å²) in [6, 6.07) is 3.83. The number of thiazole rings is 1. The lowest BCUT2D eigenvalue weighted by atomic mass is 10.1. The molecule has 2 aromatic heterocycles. The van der Waals surface area contributed by atoms with E-state index in [4.69, 9.17) is 0 Å². The number of aliphatic hydroxyl groups is 1. The maximum atomic E-state index is 10.1. The summed E-state index contributed by atoms with van der Waals surface area (Å²) < 4.78 is 0. The number of hydrogen-bond donors (Lipinski definition) is 1. The van der Waals surface area contributed by atoms with E-state index in [0.29, 0.717) is 6.42 Å². The Morgan fingerprint density at radius 2 is 2.25 bits per heavy atom. The summed E-state index contributed by atoms with van der Waals surface area (Å²) in [7, 11) is 0. The van der Waals surface area contributed by atoms with E-state index in [-0.39, 0.29) is 0 Å². The average Bonchev–Trinajstić information content (AvgIpc) is 2.64. The molecule has 0 bridgehead atoms. The minimum absolute atomic E-state index is 0.538. The van der Waals surface area contributed by atoms with Crippen molar-refractivity contribution in [2.75, 3.05) is 0 Å². The molecule has 2 rings (SSSR count). The zero-order valence-electron chi connectivity index (χ0n) is 9.34. The van der Waals surface area contributed by atoms with Gasteiger partial charge in [0.1, 0.15) is 6.10 Å². The van der Waals surface area contributed by atoms with Crippen LogP contribution < -0.4 is 0 Å². The largest absolute Gasteiger partial charge is 0.386 e. The average molecular weight is 234 g/mol. The molecule has 16 heavy (non-hydrogen) atoms. The number of aliphatic hydroxyl groups excluding tert-OH is 1. The first-order valence-electron chi connectivity index (χ1n) is 5.17. The third kappa shape index (κ3) is 2.46. The second-order valence-corrected chi connectivity index (χ2v) is 4.75. The van der Waals surface area contributed by atoms with E-state index in [0.717, 1.165) is 22.0 Å². The standard InChI is InChI=1S/C12H14N2OS/c1-8-4-3-5-13-12(8)10(15)6-11-14-9(2)7-16-11/h3-5,7,10,15H,6H2,1-2H3. The first kappa shape index (κ1) is 11.2. The normalized spacial score (nSPS) is 12.7. The molecule has 1 N–H and O–H groups in total. The predicted molar refractivity (Wildman–Crippen MR) is 64.5 cm³/mol. The Morgan fingerprint density at radius 3 is 2.88 bits per heavy atom. The van der Waals surface area contributed by atoms with Gasteiger partial charge in [0.15, 0.2) is 0 Å². The molecule has 1 atom stereocenters. The molecule has 1 unspecified atom stereocenters. The summed E-state index contributed by atoms with van der Waals surface area (Å²) in [4.78, 5) is 8.54. The zero-order chi connectivity index (χ0) is 11.5. The van der Waals surface area contributed by atoms with E-state index in [2.05, 4.69) is 9.97 Å². The molecule has 0 aliphatic rings. The van der Waals surface area contributed by atoms with Gasteiger partial charge < -0.3 is 5.11 Å². The van der Waals surface area contributed by atoms with E-state index in [1.54, 1.807) is 17.5 Å². The lowest BCUT2D eigenvalue weighted by Crippen LogP contribution is -2.05. The molecule has 2 heterocycles. The molecule has 0 radical (unpaired) electrons. The highest BCUT2D eigenvalue weighted by Crippen LogP contribution is 2.21. The molecule has 0 amide bonds. The number of nitrogens with zero attached hydrogens (tertiary/aromatic N) is 2. The van der Waals surface area contributed by atoms with E-state index in [1.165, 1.54) is 0 Å². The van der Waals surface area contributed by atoms with Gasteiger partial charge in [-0.2, -0.15) is 0 Å². The Balaban J connectivity index is 2.14. The summed E-state index contributed by atoms with van der Waals surface area (Å²) in [6.07, 6.45) is 1.68. The first-order valence-corrected chi connectivity index (χ1v) is 6.05. The second-order valence-electron chi connectivity index (χ2n) is 3.81. The van der Waals surface area contributed by atoms with Crippen LogP contribution in [0.3, 0.4) is 0 Å². The molecule has 2 aromatic rings. The van der Waals surface area contributed by atoms with Crippen molar-refractivity contribution in [2.45, 2.75) is 26.4 Å². The highest BCUT2D eigenvalue weighted by atomic mass is 32.1. The van der Waals surface area contributed by atoms with Crippen molar-refractivity contribution in [1.82, 2.24) is 9.97 Å². The number of aryl methyl sites for hydroxylation is 2. The molecular weight excluding hydrogens is 220 g/mol. The number of pyridine rings is 1. The van der Waals surface area contributed by atoms with Gasteiger partial charge in [-0.15, -0.1) is 11.3 Å². The van der Waals surface area contributed by atoms with Gasteiger partial charge in [0.25, 0.3) is 0 Å². The number of aromatic nitrogens is 2. The van der Waals surface area contributed by atoms with Crippen LogP contribution >= 0.6 is 11.3 Å². The highest BCUT2D eigenvalue weighted by molar-refractivity contribution is 7.09. The van der Waals surface area contributed by atoms with Crippen LogP contribution in [0.25, 0.3) is 0 Å². The van der Waals surface area contributed by atoms with Crippen LogP contribution in [0.5, 0.6) is 0 Å². The fourth-order valence-electron chi connectivity index (χ4n) is 1.61. The summed E-state index contributed by atoms with van der Waals surface area (Å²) in [5.41, 5.74) is 2.77. The predicted octanol–water partition coefficient (Wildman–Crippen LogP) is 2.43. The summed E-state index contributed by atoms with van der Waals surface area (Å²) >= 11 is 1.58. The fourth-order valence-corrected chi connectivity index (χ4v) is 2.42. The van der Waals surface area contributed by atoms with Crippen molar-refractivity contribution in [2.24, 2.45) is 0 Å². The van der Waals surface area contributed by atoms with Crippen LogP contribution in [-0.2, 0) is 6.42 Å². The Kier molecular flexibility index (Phi) is 3.31. The van der Waals surface area contributed by atoms with Gasteiger partial charge in [0.2, 0.25) is 0 Å². The third-order valence-corrected chi connectivity index (χ3v) is 3.39. The molecule has 0 aliphatic heterocycles. The molecule has 84 valence electrons. The van der Waals surface area contributed by atoms with Crippen molar-refractivity contribution < 1.29 is 5.11 Å². The lowest BCUT2D eigenvalue weighted by molar-refractivity contribution is 0.172. The minimum Gasteiger partial charge on any atom is -0.386 e. The molecule has 0 aromatic carbocycles. The van der Waals surface area contributed by atoms with Gasteiger partial charge in [0.05, 0.1) is 10.7 Å². The Bertz CT molecular complexity index is 481. The highest BCUT2D eigenvalue weighted by Gasteiger charge is 2.13. The maximum Gasteiger partial charge on any atom is 0.103 e. The van der Waals surface area contributed by atoms with Gasteiger partial charge >= 0.3 is 0 Å². The van der Waals surface area contributed by atoms with Crippen LogP contribution in [-0.4, -0.2) is 15.1 Å². The van der Waals surface area contributed by atoms with E-state index in [1.807, 2.05) is 31.4 Å². The van der Waals surface area contributed by atoms with Crippen molar-refractivity contribution in [3.63, 3.8) is 0 Å². The van der Waals surface area contributed by atoms with Gasteiger partial charge in [-0.1, -0.05) is 6.07 Å². The van der Waals surface area contributed by atoms with Crippen molar-refractivity contribution in [3.05, 3.63) is 45.7 Å². The molecule has 0 saturated carbocycles. The van der Waals surface area contributed by atoms with Gasteiger partial charge in [-0.05, 0) is 25.5 Å². The van der Waals surface area contributed by atoms with Crippen LogP contribution in [0.15, 0.2) is 23.7 Å². The summed E-state index contributed by atoms with van der Waals surface area (Å²) in [6.45, 7) is 3.91. The summed E-state index contributed by atoms with van der Waals surface area (Å²) in [5, 5.41) is 13.0. The van der Waals surface area contributed by atoms with E-state index in [9.17, 15) is 5.11 Å². The monoisotopic (exact) mass is 234 g/mol. The number of hydrogen-bond acceptors (Lipinski definition) is 4. The molecule has 0 spiro atoms. The SMILES string of the molecule is Cc1csc(CC(O)c2ncccc2C)n1. The van der Waals surface area contributed by atoms with Crippen LogP contribution in [0, 0.1) is 13.8 Å². The molecule has 0 saturated heterocycles. The van der Waals surface area contributed by atoms with Crippen LogP contribution in [0.1, 0.15) is 28.1 Å². The Morgan fingerprint density at radius 1 is 1.44 bits per heavy atom. The second kappa shape index (κ2) is 4.72. The molecule has 4 heteroatoms. The molecular formula is C12H14N2OS. The van der Waals surface area contributed by atoms with E-state index < -0.39 is 6.10 Å². The summed E-state index contributed by atoms with van der Waals surface area (Å²) in [5.74, 6) is 0. The lowest BCUT2D eigenvalue weighted by Gasteiger charge is -2.10. The van der Waals surface area contributed by atoms with Crippen molar-refractivity contribution in [1.29, 1.82) is 0 Å². The van der Waals surface area contributed by atoms with Crippen molar-refractivity contribution in [3.8, 4) is 0 Å².